The number of carbonyl (C=O) groups is 4. The molecule has 284 valence electrons. The molecule has 0 unspecified atom stereocenters. The third-order valence-electron chi connectivity index (χ3n) is 7.63. The number of hydrogen-bond acceptors (Lipinski definition) is 15. The summed E-state index contributed by atoms with van der Waals surface area (Å²) in [4.78, 5) is 55.7. The topological polar surface area (TPSA) is 281 Å². The Morgan fingerprint density at radius 2 is 1.94 bits per heavy atom. The highest BCUT2D eigenvalue weighted by Gasteiger charge is 2.58. The van der Waals surface area contributed by atoms with Gasteiger partial charge in [0.2, 0.25) is 0 Å². The first-order valence-electron chi connectivity index (χ1n) is 14.7. The highest BCUT2D eigenvalue weighted by molar-refractivity contribution is 7.80. The first-order chi connectivity index (χ1) is 24.1. The number of aryl methyl sites for hydroxylation is 1. The maximum absolute atomic E-state index is 13.2. The molecule has 3 aromatic rings. The lowest BCUT2D eigenvalue weighted by molar-refractivity contribution is -0.511. The van der Waals surface area contributed by atoms with Crippen LogP contribution in [0.3, 0.4) is 0 Å². The van der Waals surface area contributed by atoms with Crippen molar-refractivity contribution in [3.8, 4) is 5.75 Å². The number of carboxylic acids is 2. The molecule has 0 spiro atoms. The Kier molecular flexibility index (Phi) is 11.6. The molecular formula is C27H31F3N8O12S2. The quantitative estimate of drug-likeness (QED) is 0.0411. The second-order valence-electron chi connectivity index (χ2n) is 11.8. The Balaban J connectivity index is 0.000000785. The van der Waals surface area contributed by atoms with Gasteiger partial charge in [-0.15, -0.1) is 15.6 Å². The lowest BCUT2D eigenvalue weighted by Gasteiger charge is -2.50. The van der Waals surface area contributed by atoms with Crippen LogP contribution in [0.25, 0.3) is 5.65 Å². The number of amides is 2. The molecule has 6 N–H and O–H groups in total. The van der Waals surface area contributed by atoms with Crippen molar-refractivity contribution in [1.82, 2.24) is 25.2 Å². The Hall–Kier alpha value is -5.11. The number of carbonyl (C=O) groups excluding carboxylic acids is 3. The predicted octanol–water partition coefficient (Wildman–Crippen LogP) is -2.04. The molecule has 5 rings (SSSR count). The Labute approximate surface area is 295 Å². The second kappa shape index (κ2) is 15.2. The summed E-state index contributed by atoms with van der Waals surface area (Å²) in [6.07, 6.45) is -2.24. The van der Waals surface area contributed by atoms with Gasteiger partial charge in [-0.1, -0.05) is 5.16 Å². The van der Waals surface area contributed by atoms with Crippen LogP contribution in [0.4, 0.5) is 18.3 Å². The van der Waals surface area contributed by atoms with E-state index in [4.69, 9.17) is 29.8 Å². The van der Waals surface area contributed by atoms with Gasteiger partial charge in [0.05, 0.1) is 12.6 Å². The maximum atomic E-state index is 13.2. The molecule has 0 radical (unpaired) electrons. The zero-order valence-corrected chi connectivity index (χ0v) is 28.8. The maximum Gasteiger partial charge on any atom is 0.430 e. The van der Waals surface area contributed by atoms with Crippen LogP contribution >= 0.6 is 11.3 Å². The molecule has 2 saturated heterocycles. The number of imidazole rings is 1. The van der Waals surface area contributed by atoms with Gasteiger partial charge >= 0.3 is 22.5 Å². The first kappa shape index (κ1) is 39.7. The number of pyridine rings is 1. The van der Waals surface area contributed by atoms with E-state index in [0.717, 1.165) is 42.2 Å². The average molecular weight is 781 g/mol. The van der Waals surface area contributed by atoms with Crippen LogP contribution in [0, 0.1) is 5.92 Å². The summed E-state index contributed by atoms with van der Waals surface area (Å²) < 4.78 is 76.6. The van der Waals surface area contributed by atoms with E-state index in [-0.39, 0.29) is 10.8 Å². The van der Waals surface area contributed by atoms with Crippen LogP contribution in [0.2, 0.25) is 0 Å². The van der Waals surface area contributed by atoms with Crippen molar-refractivity contribution in [2.75, 3.05) is 25.4 Å². The number of thiazole rings is 1. The highest BCUT2D eigenvalue weighted by atomic mass is 32.3. The number of nitrogens with one attached hydrogen (secondary N) is 2. The molecule has 20 nitrogen and oxygen atoms in total. The van der Waals surface area contributed by atoms with Crippen molar-refractivity contribution >= 4 is 62.0 Å². The van der Waals surface area contributed by atoms with E-state index in [9.17, 15) is 41.1 Å². The van der Waals surface area contributed by atoms with Crippen LogP contribution in [0.15, 0.2) is 35.1 Å². The van der Waals surface area contributed by atoms with Gasteiger partial charge < -0.3 is 40.9 Å². The fraction of sp³-hybridized carbons (Fsp3) is 0.444. The Morgan fingerprint density at radius 3 is 2.44 bits per heavy atom. The molecule has 2 atom stereocenters. The van der Waals surface area contributed by atoms with E-state index in [2.05, 4.69) is 29.6 Å². The Bertz CT molecular complexity index is 2000. The van der Waals surface area contributed by atoms with Gasteiger partial charge in [0, 0.05) is 17.9 Å². The van der Waals surface area contributed by atoms with Crippen molar-refractivity contribution in [2.45, 2.75) is 44.1 Å². The molecule has 2 fully saturated rings. The van der Waals surface area contributed by atoms with Crippen molar-refractivity contribution in [3.05, 3.63) is 41.3 Å². The lowest BCUT2D eigenvalue weighted by Crippen LogP contribution is -2.76. The SMILES string of the molecule is Cn1c(CC2CNC2)c[n+]2cc(OC[C@@H](O/N=C(\C(=O)N[C@@H]3C(=O)N(OS(=O)(=O)O)C3(C)C)c3csc(N)n3)C(=O)O)ccc12.O=C([O-])C(F)(F)F. The van der Waals surface area contributed by atoms with E-state index in [1.807, 2.05) is 23.7 Å². The predicted molar refractivity (Wildman–Crippen MR) is 166 cm³/mol. The molecule has 2 aliphatic heterocycles. The van der Waals surface area contributed by atoms with Gasteiger partial charge in [-0.3, -0.25) is 14.1 Å². The van der Waals surface area contributed by atoms with Crippen LogP contribution in [-0.2, 0) is 52.2 Å². The number of β-lactam (4-membered cyclic amide) rings is 1. The summed E-state index contributed by atoms with van der Waals surface area (Å²) >= 11 is 0.967. The van der Waals surface area contributed by atoms with Gasteiger partial charge in [-0.2, -0.15) is 31.1 Å². The number of rotatable bonds is 13. The van der Waals surface area contributed by atoms with Gasteiger partial charge in [-0.05, 0) is 38.9 Å². The third-order valence-corrected chi connectivity index (χ3v) is 8.65. The van der Waals surface area contributed by atoms with E-state index in [0.29, 0.717) is 16.7 Å². The normalized spacial score (nSPS) is 18.1. The number of ether oxygens (including phenoxy) is 1. The van der Waals surface area contributed by atoms with Crippen molar-refractivity contribution < 1.29 is 73.8 Å². The van der Waals surface area contributed by atoms with E-state index in [1.165, 1.54) is 19.2 Å². The zero-order valence-electron chi connectivity index (χ0n) is 27.2. The van der Waals surface area contributed by atoms with Crippen LogP contribution in [-0.4, -0.2) is 106 Å². The number of nitrogens with zero attached hydrogens (tertiary/aromatic N) is 5. The number of aliphatic carboxylic acids is 2. The number of anilines is 1. The number of nitrogen functional groups attached to an aromatic ring is 1. The summed E-state index contributed by atoms with van der Waals surface area (Å²) in [7, 11) is -3.04. The van der Waals surface area contributed by atoms with E-state index < -0.39 is 70.3 Å². The summed E-state index contributed by atoms with van der Waals surface area (Å²) in [5, 5.41) is 29.7. The standard InChI is InChI=1S/C25H30N8O10S2.C2HF3O2/c1-25(2)20(22(35)33(25)43-45(38,39)40)29-21(34)19(16-12-44-24(26)28-16)30-42-17(23(36)37)11-41-15-4-5-18-31(3)14(9-32(18)10-15)6-13-7-27-8-13;3-2(4,5)1(6)7/h4-5,9-10,12-13,17,20,27H,6-8,11H2,1-3H3,(H4-,26,28,29,34,36,37,38,39,40);(H,6,7)/b30-19-;/t17-,20-;/m1./s1. The number of alkyl halides is 3. The van der Waals surface area contributed by atoms with Crippen LogP contribution < -0.4 is 30.6 Å². The van der Waals surface area contributed by atoms with E-state index in [1.54, 1.807) is 12.3 Å². The highest BCUT2D eigenvalue weighted by Crippen LogP contribution is 2.33. The summed E-state index contributed by atoms with van der Waals surface area (Å²) in [6.45, 7) is 4.20. The molecule has 52 heavy (non-hydrogen) atoms. The number of halogens is 3. The number of fused-ring (bicyclic) bond motifs is 1. The number of hydrogen-bond donors (Lipinski definition) is 5. The minimum atomic E-state index is -5.19. The summed E-state index contributed by atoms with van der Waals surface area (Å²) in [6, 6.07) is 2.21. The number of hydroxylamine groups is 2. The van der Waals surface area contributed by atoms with Crippen molar-refractivity contribution in [2.24, 2.45) is 18.1 Å². The molecule has 0 saturated carbocycles. The van der Waals surface area contributed by atoms with Crippen LogP contribution in [0.5, 0.6) is 5.75 Å². The monoisotopic (exact) mass is 780 g/mol. The lowest BCUT2D eigenvalue weighted by atomic mass is 9.84. The molecule has 5 heterocycles. The first-order valence-corrected chi connectivity index (χ1v) is 16.9. The third kappa shape index (κ3) is 9.40. The summed E-state index contributed by atoms with van der Waals surface area (Å²) in [5.74, 6) is -5.51. The van der Waals surface area contributed by atoms with Gasteiger partial charge in [-0.25, -0.2) is 14.3 Å². The number of nitrogens with two attached hydrogens (primary N) is 1. The molecular weight excluding hydrogens is 749 g/mol. The largest absolute Gasteiger partial charge is 0.542 e. The molecule has 2 amide bonds. The number of carboxylic acid groups (broad SMARTS) is 2. The second-order valence-corrected chi connectivity index (χ2v) is 13.7. The van der Waals surface area contributed by atoms with Crippen molar-refractivity contribution in [3.63, 3.8) is 0 Å². The number of aromatic nitrogens is 3. The molecule has 0 bridgehead atoms. The number of oxime groups is 1. The smallest absolute Gasteiger partial charge is 0.430 e. The molecule has 25 heteroatoms. The van der Waals surface area contributed by atoms with E-state index >= 15 is 0 Å². The van der Waals surface area contributed by atoms with Gasteiger partial charge in [0.1, 0.15) is 42.4 Å². The zero-order chi connectivity index (χ0) is 38.8. The summed E-state index contributed by atoms with van der Waals surface area (Å²) in [5.41, 5.74) is 5.75. The van der Waals surface area contributed by atoms with Gasteiger partial charge in [0.15, 0.2) is 16.6 Å². The molecule has 0 aliphatic carbocycles. The minimum absolute atomic E-state index is 0.0673. The minimum Gasteiger partial charge on any atom is -0.542 e. The molecule has 3 aromatic heterocycles. The fourth-order valence-corrected chi connectivity index (χ4v) is 5.79. The average Bonchev–Trinajstić information content (AvgIpc) is 3.58. The van der Waals surface area contributed by atoms with Crippen molar-refractivity contribution in [1.29, 1.82) is 0 Å². The fourth-order valence-electron chi connectivity index (χ4n) is 4.79. The van der Waals surface area contributed by atoms with Gasteiger partial charge in [0.25, 0.3) is 23.6 Å². The van der Waals surface area contributed by atoms with Crippen LogP contribution in [0.1, 0.15) is 25.2 Å². The molecule has 2 aliphatic rings. The Morgan fingerprint density at radius 1 is 1.29 bits per heavy atom. The molecule has 0 aromatic carbocycles.